The minimum absolute atomic E-state index is 0. The second kappa shape index (κ2) is 11.6. The van der Waals surface area contributed by atoms with E-state index in [1.807, 2.05) is 6.92 Å². The fourth-order valence-electron chi connectivity index (χ4n) is 2.75. The van der Waals surface area contributed by atoms with E-state index in [2.05, 4.69) is 44.5 Å². The van der Waals surface area contributed by atoms with Crippen LogP contribution in [-0.2, 0) is 11.2 Å². The molecule has 0 bridgehead atoms. The van der Waals surface area contributed by atoms with Gasteiger partial charge in [-0.3, -0.25) is 9.89 Å². The monoisotopic (exact) mass is 466 g/mol. The average Bonchev–Trinajstić information content (AvgIpc) is 2.96. The van der Waals surface area contributed by atoms with Crippen LogP contribution in [0.25, 0.3) is 0 Å². The highest BCUT2D eigenvalue weighted by Gasteiger charge is 2.21. The number of nitrogens with zero attached hydrogens (tertiary/aromatic N) is 4. The van der Waals surface area contributed by atoms with Crippen molar-refractivity contribution in [2.45, 2.75) is 33.3 Å². The van der Waals surface area contributed by atoms with E-state index >= 15 is 0 Å². The number of aliphatic imine (C=N–C) groups is 1. The van der Waals surface area contributed by atoms with E-state index in [9.17, 15) is 0 Å². The molecule has 144 valence electrons. The molecule has 1 aliphatic heterocycles. The fraction of sp³-hybridized carbons (Fsp3) is 0.812. The molecule has 0 radical (unpaired) electrons. The Morgan fingerprint density at radius 2 is 2.20 bits per heavy atom. The molecular formula is C16H31IN6O2. The fourth-order valence-corrected chi connectivity index (χ4v) is 2.75. The summed E-state index contributed by atoms with van der Waals surface area (Å²) in [6.07, 6.45) is 0.860. The lowest BCUT2D eigenvalue weighted by molar-refractivity contribution is -0.0284. The Labute approximate surface area is 167 Å². The highest BCUT2D eigenvalue weighted by molar-refractivity contribution is 14.0. The van der Waals surface area contributed by atoms with Gasteiger partial charge >= 0.3 is 0 Å². The number of hydrogen-bond acceptors (Lipinski definition) is 6. The van der Waals surface area contributed by atoms with Gasteiger partial charge in [-0.05, 0) is 12.8 Å². The zero-order chi connectivity index (χ0) is 17.4. The first-order valence-corrected chi connectivity index (χ1v) is 8.64. The molecular weight excluding hydrogens is 435 g/mol. The predicted molar refractivity (Wildman–Crippen MR) is 109 cm³/mol. The number of halogens is 1. The Balaban J connectivity index is 0.00000312. The molecule has 0 spiro atoms. The van der Waals surface area contributed by atoms with Crippen molar-refractivity contribution in [2.24, 2.45) is 10.9 Å². The van der Waals surface area contributed by atoms with Crippen LogP contribution in [0, 0.1) is 12.8 Å². The number of aryl methyl sites for hydroxylation is 1. The first-order chi connectivity index (χ1) is 11.6. The number of nitrogens with one attached hydrogen (secondary N) is 2. The second-order valence-electron chi connectivity index (χ2n) is 6.51. The van der Waals surface area contributed by atoms with Crippen LogP contribution >= 0.6 is 24.0 Å². The van der Waals surface area contributed by atoms with Gasteiger partial charge in [-0.25, -0.2) is 0 Å². The Morgan fingerprint density at radius 1 is 1.40 bits per heavy atom. The van der Waals surface area contributed by atoms with E-state index < -0.39 is 0 Å². The molecule has 1 aliphatic rings. The van der Waals surface area contributed by atoms with Gasteiger partial charge in [0.05, 0.1) is 12.7 Å². The lowest BCUT2D eigenvalue weighted by atomic mass is 10.2. The third kappa shape index (κ3) is 8.32. The first-order valence-electron chi connectivity index (χ1n) is 8.64. The SMILES string of the molecule is CN=C(NCCc1nc(C)no1)NCC1CN(CC(C)C)CCO1.I. The molecule has 0 aliphatic carbocycles. The second-order valence-corrected chi connectivity index (χ2v) is 6.51. The van der Waals surface area contributed by atoms with Crippen LogP contribution in [0.5, 0.6) is 0 Å². The summed E-state index contributed by atoms with van der Waals surface area (Å²) in [5.41, 5.74) is 0. The summed E-state index contributed by atoms with van der Waals surface area (Å²) >= 11 is 0. The van der Waals surface area contributed by atoms with Crippen LogP contribution in [0.2, 0.25) is 0 Å². The molecule has 2 rings (SSSR count). The van der Waals surface area contributed by atoms with Gasteiger partial charge in [-0.1, -0.05) is 19.0 Å². The van der Waals surface area contributed by atoms with Gasteiger partial charge in [-0.2, -0.15) is 4.98 Å². The average molecular weight is 466 g/mol. The van der Waals surface area contributed by atoms with Gasteiger partial charge < -0.3 is 19.9 Å². The van der Waals surface area contributed by atoms with Gasteiger partial charge in [0.1, 0.15) is 0 Å². The van der Waals surface area contributed by atoms with Crippen LogP contribution < -0.4 is 10.6 Å². The Kier molecular flexibility index (Phi) is 10.3. The molecule has 0 saturated carbocycles. The molecule has 1 aromatic rings. The van der Waals surface area contributed by atoms with E-state index in [0.29, 0.717) is 30.6 Å². The molecule has 2 heterocycles. The van der Waals surface area contributed by atoms with Gasteiger partial charge in [0.2, 0.25) is 5.89 Å². The molecule has 0 aromatic carbocycles. The Bertz CT molecular complexity index is 522. The molecule has 2 N–H and O–H groups in total. The van der Waals surface area contributed by atoms with Gasteiger partial charge in [0.25, 0.3) is 0 Å². The topological polar surface area (TPSA) is 87.8 Å². The normalized spacial score (nSPS) is 18.9. The van der Waals surface area contributed by atoms with E-state index in [0.717, 1.165) is 38.7 Å². The molecule has 9 heteroatoms. The van der Waals surface area contributed by atoms with Crippen molar-refractivity contribution in [2.75, 3.05) is 46.4 Å². The first kappa shape index (κ1) is 22.1. The third-order valence-electron chi connectivity index (χ3n) is 3.77. The summed E-state index contributed by atoms with van der Waals surface area (Å²) in [4.78, 5) is 10.9. The molecule has 25 heavy (non-hydrogen) atoms. The molecule has 1 saturated heterocycles. The number of aromatic nitrogens is 2. The number of guanidine groups is 1. The number of morpholine rings is 1. The zero-order valence-corrected chi connectivity index (χ0v) is 17.9. The minimum Gasteiger partial charge on any atom is -0.374 e. The smallest absolute Gasteiger partial charge is 0.228 e. The third-order valence-corrected chi connectivity index (χ3v) is 3.77. The van der Waals surface area contributed by atoms with Crippen molar-refractivity contribution in [1.82, 2.24) is 25.7 Å². The standard InChI is InChI=1S/C16H30N6O2.HI/c1-12(2)10-22-7-8-23-14(11-22)9-19-16(17-4)18-6-5-15-20-13(3)21-24-15;/h12,14H,5-11H2,1-4H3,(H2,17,18,19);1H. The minimum atomic E-state index is 0. The van der Waals surface area contributed by atoms with E-state index in [-0.39, 0.29) is 30.1 Å². The summed E-state index contributed by atoms with van der Waals surface area (Å²) in [7, 11) is 1.76. The van der Waals surface area contributed by atoms with Gasteiger partial charge in [0, 0.05) is 46.2 Å². The number of ether oxygens (including phenoxy) is 1. The number of rotatable bonds is 7. The Hall–Kier alpha value is -0.940. The molecule has 1 atom stereocenters. The zero-order valence-electron chi connectivity index (χ0n) is 15.6. The summed E-state index contributed by atoms with van der Waals surface area (Å²) in [5.74, 6) is 2.73. The lowest BCUT2D eigenvalue weighted by Crippen LogP contribution is -2.50. The molecule has 1 unspecified atom stereocenters. The van der Waals surface area contributed by atoms with Crippen molar-refractivity contribution in [3.63, 3.8) is 0 Å². The van der Waals surface area contributed by atoms with Crippen molar-refractivity contribution in [3.8, 4) is 0 Å². The molecule has 1 fully saturated rings. The van der Waals surface area contributed by atoms with Crippen LogP contribution in [0.3, 0.4) is 0 Å². The largest absolute Gasteiger partial charge is 0.374 e. The van der Waals surface area contributed by atoms with E-state index in [1.165, 1.54) is 0 Å². The Morgan fingerprint density at radius 3 is 2.84 bits per heavy atom. The van der Waals surface area contributed by atoms with Gasteiger partial charge in [-0.15, -0.1) is 24.0 Å². The van der Waals surface area contributed by atoms with Crippen LogP contribution in [0.4, 0.5) is 0 Å². The van der Waals surface area contributed by atoms with Crippen LogP contribution in [-0.4, -0.2) is 73.5 Å². The highest BCUT2D eigenvalue weighted by Crippen LogP contribution is 2.07. The van der Waals surface area contributed by atoms with Crippen LogP contribution in [0.15, 0.2) is 9.52 Å². The maximum absolute atomic E-state index is 5.84. The van der Waals surface area contributed by atoms with Gasteiger partial charge in [0.15, 0.2) is 11.8 Å². The summed E-state index contributed by atoms with van der Waals surface area (Å²) < 4.78 is 10.9. The van der Waals surface area contributed by atoms with Crippen molar-refractivity contribution < 1.29 is 9.26 Å². The predicted octanol–water partition coefficient (Wildman–Crippen LogP) is 1.06. The maximum Gasteiger partial charge on any atom is 0.228 e. The lowest BCUT2D eigenvalue weighted by Gasteiger charge is -2.34. The van der Waals surface area contributed by atoms with Crippen molar-refractivity contribution in [1.29, 1.82) is 0 Å². The maximum atomic E-state index is 5.84. The molecule has 1 aromatic heterocycles. The van der Waals surface area contributed by atoms with E-state index in [4.69, 9.17) is 9.26 Å². The van der Waals surface area contributed by atoms with E-state index in [1.54, 1.807) is 7.05 Å². The van der Waals surface area contributed by atoms with Crippen molar-refractivity contribution in [3.05, 3.63) is 11.7 Å². The molecule has 0 amide bonds. The van der Waals surface area contributed by atoms with Crippen molar-refractivity contribution >= 4 is 29.9 Å². The summed E-state index contributed by atoms with van der Waals surface area (Å²) in [5, 5.41) is 10.4. The van der Waals surface area contributed by atoms with Crippen LogP contribution in [0.1, 0.15) is 25.6 Å². The summed E-state index contributed by atoms with van der Waals surface area (Å²) in [6, 6.07) is 0. The quantitative estimate of drug-likeness (QED) is 0.353. The molecule has 8 nitrogen and oxygen atoms in total. The highest BCUT2D eigenvalue weighted by atomic mass is 127. The summed E-state index contributed by atoms with van der Waals surface area (Å²) in [6.45, 7) is 11.6. The number of hydrogen-bond donors (Lipinski definition) is 2.